The maximum absolute atomic E-state index is 11.8. The summed E-state index contributed by atoms with van der Waals surface area (Å²) in [5, 5.41) is 0. The monoisotopic (exact) mass is 147 g/mol. The quantitative estimate of drug-likeness (QED) is 0.646. The number of H-pyrrole nitrogens is 1. The number of aromatic amines is 1. The lowest BCUT2D eigenvalue weighted by Gasteiger charge is -2.04. The summed E-state index contributed by atoms with van der Waals surface area (Å²) in [6, 6.07) is -1.30. The second kappa shape index (κ2) is 2.74. The van der Waals surface area contributed by atoms with Gasteiger partial charge in [-0.05, 0) is 0 Å². The molecular formula is C5H7F2N3. The number of nitrogens with two attached hydrogens (primary N) is 1. The Hall–Kier alpha value is -0.970. The summed E-state index contributed by atoms with van der Waals surface area (Å²) in [5.74, 6) is 0.120. The Bertz CT molecular complexity index is 185. The van der Waals surface area contributed by atoms with Crippen LogP contribution in [0.4, 0.5) is 8.78 Å². The van der Waals surface area contributed by atoms with Gasteiger partial charge in [-0.3, -0.25) is 0 Å². The van der Waals surface area contributed by atoms with Gasteiger partial charge in [0.1, 0.15) is 11.9 Å². The first-order chi connectivity index (χ1) is 4.72. The molecule has 1 atom stereocenters. The van der Waals surface area contributed by atoms with Gasteiger partial charge in [0.2, 0.25) is 0 Å². The van der Waals surface area contributed by atoms with E-state index in [2.05, 4.69) is 9.97 Å². The van der Waals surface area contributed by atoms with Crippen molar-refractivity contribution in [3.8, 4) is 0 Å². The van der Waals surface area contributed by atoms with Crippen LogP contribution < -0.4 is 5.73 Å². The highest BCUT2D eigenvalue weighted by Gasteiger charge is 2.18. The molecular weight excluding hydrogens is 140 g/mol. The van der Waals surface area contributed by atoms with Gasteiger partial charge in [0.15, 0.2) is 0 Å². The highest BCUT2D eigenvalue weighted by Crippen LogP contribution is 2.12. The zero-order chi connectivity index (χ0) is 7.56. The van der Waals surface area contributed by atoms with Crippen molar-refractivity contribution in [2.75, 3.05) is 0 Å². The van der Waals surface area contributed by atoms with E-state index in [9.17, 15) is 8.78 Å². The fourth-order valence-electron chi connectivity index (χ4n) is 0.579. The predicted molar refractivity (Wildman–Crippen MR) is 31.5 cm³/mol. The lowest BCUT2D eigenvalue weighted by Crippen LogP contribution is -2.20. The zero-order valence-corrected chi connectivity index (χ0v) is 5.09. The van der Waals surface area contributed by atoms with Crippen molar-refractivity contribution in [3.05, 3.63) is 18.2 Å². The number of nitrogens with one attached hydrogen (secondary N) is 1. The molecule has 1 aromatic heterocycles. The third kappa shape index (κ3) is 1.30. The number of hydrogen-bond acceptors (Lipinski definition) is 2. The lowest BCUT2D eigenvalue weighted by molar-refractivity contribution is 0.113. The summed E-state index contributed by atoms with van der Waals surface area (Å²) in [6.45, 7) is 0. The smallest absolute Gasteiger partial charge is 0.260 e. The Labute approximate surface area is 56.3 Å². The fraction of sp³-hybridized carbons (Fsp3) is 0.400. The molecule has 1 heterocycles. The Kier molecular flexibility index (Phi) is 1.96. The van der Waals surface area contributed by atoms with Crippen LogP contribution in [0.2, 0.25) is 0 Å². The van der Waals surface area contributed by atoms with E-state index in [0.717, 1.165) is 0 Å². The normalized spacial score (nSPS) is 14.0. The van der Waals surface area contributed by atoms with Crippen molar-refractivity contribution in [1.82, 2.24) is 9.97 Å². The largest absolute Gasteiger partial charge is 0.347 e. The van der Waals surface area contributed by atoms with E-state index >= 15 is 0 Å². The molecule has 1 unspecified atom stereocenters. The molecule has 1 rings (SSSR count). The molecule has 5 heteroatoms. The fourth-order valence-corrected chi connectivity index (χ4v) is 0.579. The number of aromatic nitrogens is 2. The molecule has 0 aliphatic carbocycles. The second-order valence-electron chi connectivity index (χ2n) is 1.83. The van der Waals surface area contributed by atoms with Crippen LogP contribution in [0, 0.1) is 0 Å². The van der Waals surface area contributed by atoms with Gasteiger partial charge < -0.3 is 10.7 Å². The summed E-state index contributed by atoms with van der Waals surface area (Å²) in [4.78, 5) is 6.08. The summed E-state index contributed by atoms with van der Waals surface area (Å²) in [6.07, 6.45) is 0.279. The molecule has 0 bridgehead atoms. The molecule has 10 heavy (non-hydrogen) atoms. The van der Waals surface area contributed by atoms with Gasteiger partial charge in [-0.25, -0.2) is 13.8 Å². The molecule has 0 radical (unpaired) electrons. The van der Waals surface area contributed by atoms with E-state index in [1.807, 2.05) is 0 Å². The lowest BCUT2D eigenvalue weighted by atomic mass is 10.3. The van der Waals surface area contributed by atoms with Gasteiger partial charge in [0.05, 0.1) is 0 Å². The highest BCUT2D eigenvalue weighted by molar-refractivity contribution is 4.94. The minimum atomic E-state index is -2.56. The van der Waals surface area contributed by atoms with E-state index in [1.54, 1.807) is 0 Å². The third-order valence-electron chi connectivity index (χ3n) is 1.11. The van der Waals surface area contributed by atoms with Crippen molar-refractivity contribution < 1.29 is 8.78 Å². The van der Waals surface area contributed by atoms with Gasteiger partial charge in [-0.15, -0.1) is 0 Å². The molecule has 1 aromatic rings. The van der Waals surface area contributed by atoms with Crippen molar-refractivity contribution in [2.24, 2.45) is 5.73 Å². The van der Waals surface area contributed by atoms with Crippen LogP contribution >= 0.6 is 0 Å². The van der Waals surface area contributed by atoms with Gasteiger partial charge in [-0.1, -0.05) is 0 Å². The maximum Gasteiger partial charge on any atom is 0.260 e. The number of nitrogens with zero attached hydrogens (tertiary/aromatic N) is 1. The molecule has 56 valence electrons. The van der Waals surface area contributed by atoms with E-state index in [1.165, 1.54) is 12.4 Å². The number of imidazole rings is 1. The van der Waals surface area contributed by atoms with Crippen LogP contribution in [-0.4, -0.2) is 16.4 Å². The van der Waals surface area contributed by atoms with Crippen LogP contribution in [-0.2, 0) is 0 Å². The SMILES string of the molecule is NC(c1ncc[nH]1)C(F)F. The number of hydrogen-bond donors (Lipinski definition) is 2. The van der Waals surface area contributed by atoms with Gasteiger partial charge in [0, 0.05) is 12.4 Å². The van der Waals surface area contributed by atoms with Gasteiger partial charge in [0.25, 0.3) is 6.43 Å². The second-order valence-corrected chi connectivity index (χ2v) is 1.83. The zero-order valence-electron chi connectivity index (χ0n) is 5.09. The Balaban J connectivity index is 2.68. The maximum atomic E-state index is 11.8. The number of alkyl halides is 2. The molecule has 3 nitrogen and oxygen atoms in total. The third-order valence-corrected chi connectivity index (χ3v) is 1.11. The van der Waals surface area contributed by atoms with E-state index in [-0.39, 0.29) is 5.82 Å². The van der Waals surface area contributed by atoms with Crippen molar-refractivity contribution >= 4 is 0 Å². The van der Waals surface area contributed by atoms with Gasteiger partial charge >= 0.3 is 0 Å². The first-order valence-corrected chi connectivity index (χ1v) is 2.75. The molecule has 0 aliphatic rings. The first kappa shape index (κ1) is 7.14. The Morgan fingerprint density at radius 1 is 1.60 bits per heavy atom. The summed E-state index contributed by atoms with van der Waals surface area (Å²) < 4.78 is 23.6. The molecule has 0 spiro atoms. The van der Waals surface area contributed by atoms with E-state index in [4.69, 9.17) is 5.73 Å². The van der Waals surface area contributed by atoms with Crippen LogP contribution in [0.15, 0.2) is 12.4 Å². The first-order valence-electron chi connectivity index (χ1n) is 2.75. The average molecular weight is 147 g/mol. The summed E-state index contributed by atoms with van der Waals surface area (Å²) >= 11 is 0. The minimum Gasteiger partial charge on any atom is -0.347 e. The minimum absolute atomic E-state index is 0.120. The van der Waals surface area contributed by atoms with Crippen LogP contribution in [0.5, 0.6) is 0 Å². The molecule has 0 saturated carbocycles. The number of rotatable bonds is 2. The van der Waals surface area contributed by atoms with Crippen molar-refractivity contribution in [1.29, 1.82) is 0 Å². The van der Waals surface area contributed by atoms with E-state index < -0.39 is 12.5 Å². The molecule has 0 aromatic carbocycles. The Morgan fingerprint density at radius 3 is 2.70 bits per heavy atom. The van der Waals surface area contributed by atoms with Crippen molar-refractivity contribution in [3.63, 3.8) is 0 Å². The standard InChI is InChI=1S/C5H7F2N3/c6-4(7)3(8)5-9-1-2-10-5/h1-4H,8H2,(H,9,10). The average Bonchev–Trinajstić information content (AvgIpc) is 2.36. The predicted octanol–water partition coefficient (Wildman–Crippen LogP) is 0.675. The van der Waals surface area contributed by atoms with Crippen LogP contribution in [0.3, 0.4) is 0 Å². The van der Waals surface area contributed by atoms with Crippen LogP contribution in [0.1, 0.15) is 11.9 Å². The molecule has 0 fully saturated rings. The van der Waals surface area contributed by atoms with E-state index in [0.29, 0.717) is 0 Å². The van der Waals surface area contributed by atoms with Crippen LogP contribution in [0.25, 0.3) is 0 Å². The summed E-state index contributed by atoms with van der Waals surface area (Å²) in [5.41, 5.74) is 5.04. The molecule has 0 amide bonds. The molecule has 0 saturated heterocycles. The topological polar surface area (TPSA) is 54.7 Å². The Morgan fingerprint density at radius 2 is 2.30 bits per heavy atom. The van der Waals surface area contributed by atoms with Gasteiger partial charge in [-0.2, -0.15) is 0 Å². The van der Waals surface area contributed by atoms with Crippen molar-refractivity contribution in [2.45, 2.75) is 12.5 Å². The molecule has 0 aliphatic heterocycles. The highest BCUT2D eigenvalue weighted by atomic mass is 19.3. The molecule has 3 N–H and O–H groups in total. The summed E-state index contributed by atoms with van der Waals surface area (Å²) in [7, 11) is 0. The number of halogens is 2.